The van der Waals surface area contributed by atoms with Crippen LogP contribution in [-0.2, 0) is 27.8 Å². The summed E-state index contributed by atoms with van der Waals surface area (Å²) in [5, 5.41) is 0. The number of likely N-dealkylation sites (tertiary alicyclic amines) is 1. The molecule has 1 aromatic heterocycles. The average molecular weight is 519 g/mol. The van der Waals surface area contributed by atoms with E-state index in [0.29, 0.717) is 25.4 Å². The average Bonchev–Trinajstić information content (AvgIpc) is 3.38. The molecule has 2 fully saturated rings. The summed E-state index contributed by atoms with van der Waals surface area (Å²) in [6, 6.07) is 5.00. The fourth-order valence-corrected chi connectivity index (χ4v) is 7.40. The van der Waals surface area contributed by atoms with Gasteiger partial charge in [0, 0.05) is 32.0 Å². The molecular weight excluding hydrogens is 479 g/mol. The topological polar surface area (TPSA) is 84.3 Å². The van der Waals surface area contributed by atoms with Crippen molar-refractivity contribution >= 4 is 15.9 Å². The van der Waals surface area contributed by atoms with Crippen molar-refractivity contribution in [3.05, 3.63) is 54.4 Å². The number of imidazole rings is 1. The van der Waals surface area contributed by atoms with E-state index in [4.69, 9.17) is 0 Å². The molecule has 1 aromatic carbocycles. The highest BCUT2D eigenvalue weighted by Crippen LogP contribution is 2.47. The van der Waals surface area contributed by atoms with Crippen molar-refractivity contribution in [1.82, 2.24) is 19.2 Å². The number of halogens is 1. The van der Waals surface area contributed by atoms with Crippen molar-refractivity contribution in [2.24, 2.45) is 11.3 Å². The Morgan fingerprint density at radius 1 is 1.17 bits per heavy atom. The number of sulfonamides is 1. The van der Waals surface area contributed by atoms with Crippen molar-refractivity contribution < 1.29 is 17.6 Å². The molecule has 9 heteroatoms. The molecule has 4 rings (SSSR count). The molecule has 0 bridgehead atoms. The van der Waals surface area contributed by atoms with Crippen molar-refractivity contribution in [3.63, 3.8) is 0 Å². The largest absolute Gasteiger partial charge is 0.341 e. The lowest BCUT2D eigenvalue weighted by atomic mass is 9.63. The highest BCUT2D eigenvalue weighted by Gasteiger charge is 2.43. The molecule has 1 amide bonds. The van der Waals surface area contributed by atoms with Gasteiger partial charge in [0.05, 0.1) is 12.1 Å². The van der Waals surface area contributed by atoms with E-state index >= 15 is 0 Å². The van der Waals surface area contributed by atoms with Gasteiger partial charge in [-0.15, -0.1) is 0 Å². The van der Waals surface area contributed by atoms with Crippen LogP contribution >= 0.6 is 0 Å². The number of carbonyl (C=O) groups is 1. The molecular formula is C27H39FN4O3S. The van der Waals surface area contributed by atoms with Gasteiger partial charge in [-0.05, 0) is 67.6 Å². The molecule has 2 aliphatic rings. The molecule has 7 nitrogen and oxygen atoms in total. The number of nitrogens with one attached hydrogen (secondary N) is 1. The molecule has 1 aliphatic carbocycles. The molecule has 0 unspecified atom stereocenters. The van der Waals surface area contributed by atoms with E-state index in [9.17, 15) is 17.6 Å². The van der Waals surface area contributed by atoms with E-state index in [-0.39, 0.29) is 29.3 Å². The Bertz CT molecular complexity index is 1070. The molecule has 1 atom stereocenters. The fraction of sp³-hybridized carbons (Fsp3) is 0.630. The maximum Gasteiger partial charge on any atom is 0.241 e. The van der Waals surface area contributed by atoms with Gasteiger partial charge in [-0.1, -0.05) is 38.3 Å². The third kappa shape index (κ3) is 6.73. The van der Waals surface area contributed by atoms with Crippen LogP contribution in [0.15, 0.2) is 43.0 Å². The lowest BCUT2D eigenvalue weighted by Gasteiger charge is -2.48. The number of carbonyl (C=O) groups excluding carboxylic acids is 1. The second-order valence-corrected chi connectivity index (χ2v) is 12.5. The summed E-state index contributed by atoms with van der Waals surface area (Å²) < 4.78 is 43.5. The third-order valence-electron chi connectivity index (χ3n) is 8.04. The number of piperidine rings is 1. The summed E-state index contributed by atoms with van der Waals surface area (Å²) in [6.45, 7) is 3.92. The van der Waals surface area contributed by atoms with Gasteiger partial charge in [0.2, 0.25) is 15.9 Å². The molecule has 1 aliphatic heterocycles. The van der Waals surface area contributed by atoms with Gasteiger partial charge in [0.1, 0.15) is 11.9 Å². The van der Waals surface area contributed by atoms with Crippen LogP contribution in [-0.4, -0.2) is 53.7 Å². The Morgan fingerprint density at radius 3 is 2.47 bits per heavy atom. The van der Waals surface area contributed by atoms with E-state index < -0.39 is 16.1 Å². The first-order chi connectivity index (χ1) is 17.3. The van der Waals surface area contributed by atoms with Gasteiger partial charge in [0.15, 0.2) is 0 Å². The number of rotatable bonds is 10. The Balaban J connectivity index is 1.50. The second-order valence-electron chi connectivity index (χ2n) is 10.6. The molecule has 36 heavy (non-hydrogen) atoms. The summed E-state index contributed by atoms with van der Waals surface area (Å²) in [5.74, 6) is 0.0413. The SMILES string of the molecule is CCCS(=O)(=O)N[C@H](Cc1ccc(F)cc1)C(=O)N1CCC(Cn2ccnc2)(C2CCCCC2)CC1. The summed E-state index contributed by atoms with van der Waals surface area (Å²) in [6.07, 6.45) is 14.4. The lowest BCUT2D eigenvalue weighted by molar-refractivity contribution is -0.136. The summed E-state index contributed by atoms with van der Waals surface area (Å²) >= 11 is 0. The van der Waals surface area contributed by atoms with Gasteiger partial charge < -0.3 is 9.47 Å². The maximum atomic E-state index is 13.7. The van der Waals surface area contributed by atoms with Gasteiger partial charge in [-0.3, -0.25) is 4.79 Å². The second kappa shape index (κ2) is 11.9. The van der Waals surface area contributed by atoms with E-state index in [1.807, 2.05) is 23.6 Å². The summed E-state index contributed by atoms with van der Waals surface area (Å²) in [7, 11) is -3.60. The van der Waals surface area contributed by atoms with E-state index in [0.717, 1.165) is 24.9 Å². The molecule has 0 radical (unpaired) electrons. The van der Waals surface area contributed by atoms with Crippen LogP contribution in [0.4, 0.5) is 4.39 Å². The fourth-order valence-electron chi connectivity index (χ4n) is 6.13. The Morgan fingerprint density at radius 2 is 1.86 bits per heavy atom. The molecule has 2 aromatic rings. The molecule has 198 valence electrons. The number of hydrogen-bond donors (Lipinski definition) is 1. The first kappa shape index (κ1) is 26.8. The van der Waals surface area contributed by atoms with Crippen molar-refractivity contribution in [3.8, 4) is 0 Å². The summed E-state index contributed by atoms with van der Waals surface area (Å²) in [5.41, 5.74) is 0.842. The molecule has 2 heterocycles. The van der Waals surface area contributed by atoms with Gasteiger partial charge in [0.25, 0.3) is 0 Å². The standard InChI is InChI=1S/C27H39FN4O3S/c1-2-18-36(34,35)30-25(19-22-8-10-24(28)11-9-22)26(33)32-15-12-27(13-16-32,20-31-17-14-29-21-31)23-6-4-3-5-7-23/h8-11,14,17,21,23,25,30H,2-7,12-13,15-16,18-20H2,1H3/t25-/m1/s1. The predicted octanol–water partition coefficient (Wildman–Crippen LogP) is 4.15. The monoisotopic (exact) mass is 518 g/mol. The highest BCUT2D eigenvalue weighted by atomic mass is 32.2. The van der Waals surface area contributed by atoms with E-state index in [1.165, 1.54) is 44.2 Å². The van der Waals surface area contributed by atoms with Crippen LogP contribution in [0.2, 0.25) is 0 Å². The normalized spacial score (nSPS) is 19.8. The lowest BCUT2D eigenvalue weighted by Crippen LogP contribution is -2.54. The smallest absolute Gasteiger partial charge is 0.241 e. The number of benzene rings is 1. The highest BCUT2D eigenvalue weighted by molar-refractivity contribution is 7.89. The number of hydrogen-bond acceptors (Lipinski definition) is 4. The van der Waals surface area contributed by atoms with Crippen LogP contribution in [0.1, 0.15) is 63.9 Å². The minimum Gasteiger partial charge on any atom is -0.341 e. The molecule has 1 saturated carbocycles. The number of amides is 1. The Kier molecular flexibility index (Phi) is 8.83. The van der Waals surface area contributed by atoms with Crippen LogP contribution in [0, 0.1) is 17.2 Å². The van der Waals surface area contributed by atoms with Crippen LogP contribution in [0.25, 0.3) is 0 Å². The minimum atomic E-state index is -3.60. The van der Waals surface area contributed by atoms with Crippen molar-refractivity contribution in [2.45, 2.75) is 77.3 Å². The first-order valence-electron chi connectivity index (χ1n) is 13.3. The molecule has 0 spiro atoms. The predicted molar refractivity (Wildman–Crippen MR) is 138 cm³/mol. The van der Waals surface area contributed by atoms with Gasteiger partial charge in [-0.25, -0.2) is 22.5 Å². The Labute approximate surface area is 214 Å². The van der Waals surface area contributed by atoms with Crippen LogP contribution in [0.3, 0.4) is 0 Å². The van der Waals surface area contributed by atoms with Crippen molar-refractivity contribution in [1.29, 1.82) is 0 Å². The van der Waals surface area contributed by atoms with Crippen LogP contribution < -0.4 is 4.72 Å². The molecule has 1 saturated heterocycles. The van der Waals surface area contributed by atoms with E-state index in [1.54, 1.807) is 19.1 Å². The van der Waals surface area contributed by atoms with Crippen LogP contribution in [0.5, 0.6) is 0 Å². The minimum absolute atomic E-state index is 0.0319. The Hall–Kier alpha value is -2.26. The van der Waals surface area contributed by atoms with Crippen molar-refractivity contribution in [2.75, 3.05) is 18.8 Å². The number of nitrogens with zero attached hydrogens (tertiary/aromatic N) is 3. The maximum absolute atomic E-state index is 13.7. The van der Waals surface area contributed by atoms with Gasteiger partial charge in [-0.2, -0.15) is 0 Å². The zero-order valence-corrected chi connectivity index (χ0v) is 22.1. The zero-order chi connectivity index (χ0) is 25.6. The molecule has 1 N–H and O–H groups in total. The first-order valence-corrected chi connectivity index (χ1v) is 14.9. The number of aromatic nitrogens is 2. The van der Waals surface area contributed by atoms with Gasteiger partial charge >= 0.3 is 0 Å². The quantitative estimate of drug-likeness (QED) is 0.512. The third-order valence-corrected chi connectivity index (χ3v) is 9.63. The summed E-state index contributed by atoms with van der Waals surface area (Å²) in [4.78, 5) is 19.7. The van der Waals surface area contributed by atoms with E-state index in [2.05, 4.69) is 14.3 Å². The zero-order valence-electron chi connectivity index (χ0n) is 21.2.